The van der Waals surface area contributed by atoms with Crippen LogP contribution >= 0.6 is 0 Å². The van der Waals surface area contributed by atoms with E-state index in [9.17, 15) is 0 Å². The Morgan fingerprint density at radius 1 is 0.389 bits per heavy atom. The van der Waals surface area contributed by atoms with E-state index in [1.807, 2.05) is 12.3 Å². The predicted octanol–water partition coefficient (Wildman–Crippen LogP) is 13.9. The number of nitrogens with zero attached hydrogens (tertiary/aromatic N) is 1. The Balaban J connectivity index is 1.16. The van der Waals surface area contributed by atoms with Crippen LogP contribution in [-0.2, 0) is 0 Å². The first-order valence-corrected chi connectivity index (χ1v) is 19.0. The largest absolute Gasteiger partial charge is 0.256 e. The molecule has 0 fully saturated rings. The van der Waals surface area contributed by atoms with Crippen LogP contribution in [0.5, 0.6) is 0 Å². The highest BCUT2D eigenvalue weighted by atomic mass is 14.7. The van der Waals surface area contributed by atoms with Gasteiger partial charge in [-0.2, -0.15) is 0 Å². The van der Waals surface area contributed by atoms with Gasteiger partial charge in [0.2, 0.25) is 0 Å². The molecule has 1 nitrogen and oxygen atoms in total. The first kappa shape index (κ1) is 29.7. The zero-order valence-corrected chi connectivity index (χ0v) is 29.5. The molecule has 0 N–H and O–H groups in total. The lowest BCUT2D eigenvalue weighted by Gasteiger charge is -2.25. The summed E-state index contributed by atoms with van der Waals surface area (Å²) >= 11 is 0. The highest BCUT2D eigenvalue weighted by molar-refractivity contribution is 6.29. The molecule has 0 aliphatic heterocycles. The highest BCUT2D eigenvalue weighted by Crippen LogP contribution is 2.59. The highest BCUT2D eigenvalue weighted by Gasteiger charge is 2.38. The van der Waals surface area contributed by atoms with Gasteiger partial charge < -0.3 is 0 Å². The van der Waals surface area contributed by atoms with E-state index < -0.39 is 0 Å². The van der Waals surface area contributed by atoms with Crippen molar-refractivity contribution < 1.29 is 0 Å². The van der Waals surface area contributed by atoms with Gasteiger partial charge in [0, 0.05) is 23.6 Å². The minimum atomic E-state index is 0.421. The number of hydrogen-bond donors (Lipinski definition) is 0. The number of allylic oxidation sites excluding steroid dienone is 8. The number of rotatable bonds is 4. The van der Waals surface area contributed by atoms with Crippen LogP contribution < -0.4 is 0 Å². The average Bonchev–Trinajstić information content (AvgIpc) is 3.75. The Labute approximate surface area is 314 Å². The monoisotopic (exact) mass is 683 g/mol. The second kappa shape index (κ2) is 11.3. The van der Waals surface area contributed by atoms with E-state index in [4.69, 9.17) is 4.98 Å². The molecule has 54 heavy (non-hydrogen) atoms. The van der Waals surface area contributed by atoms with Crippen LogP contribution in [0.4, 0.5) is 0 Å². The van der Waals surface area contributed by atoms with Gasteiger partial charge in [-0.15, -0.1) is 0 Å². The quantitative estimate of drug-likeness (QED) is 0.180. The Hall–Kier alpha value is -6.83. The number of pyridine rings is 1. The van der Waals surface area contributed by atoms with Gasteiger partial charge in [-0.05, 0) is 124 Å². The van der Waals surface area contributed by atoms with Crippen molar-refractivity contribution in [3.63, 3.8) is 0 Å². The van der Waals surface area contributed by atoms with E-state index >= 15 is 0 Å². The molecule has 7 aromatic carbocycles. The lowest BCUT2D eigenvalue weighted by molar-refractivity contribution is 0.707. The molecule has 1 heterocycles. The Morgan fingerprint density at radius 3 is 1.76 bits per heavy atom. The van der Waals surface area contributed by atoms with Gasteiger partial charge in [0.15, 0.2) is 0 Å². The van der Waals surface area contributed by atoms with Crippen LogP contribution in [0, 0.1) is 11.8 Å². The molecule has 12 rings (SSSR count). The number of fused-ring (bicyclic) bond motifs is 7. The van der Waals surface area contributed by atoms with Crippen molar-refractivity contribution in [1.29, 1.82) is 0 Å². The van der Waals surface area contributed by atoms with Crippen LogP contribution in [0.25, 0.3) is 99.6 Å². The van der Waals surface area contributed by atoms with Crippen LogP contribution in [0.1, 0.15) is 11.1 Å². The Kier molecular flexibility index (Phi) is 6.24. The topological polar surface area (TPSA) is 12.9 Å². The number of benzene rings is 7. The van der Waals surface area contributed by atoms with Crippen molar-refractivity contribution in [1.82, 2.24) is 4.98 Å². The van der Waals surface area contributed by atoms with E-state index in [0.29, 0.717) is 11.8 Å². The maximum absolute atomic E-state index is 4.79. The molecule has 0 radical (unpaired) electrons. The predicted molar refractivity (Wildman–Crippen MR) is 227 cm³/mol. The molecule has 4 aliphatic carbocycles. The molecule has 0 saturated carbocycles. The van der Waals surface area contributed by atoms with E-state index in [0.717, 1.165) is 11.3 Å². The van der Waals surface area contributed by atoms with Gasteiger partial charge in [-0.1, -0.05) is 158 Å². The summed E-state index contributed by atoms with van der Waals surface area (Å²) in [6, 6.07) is 54.0. The number of aromatic nitrogens is 1. The third-order valence-corrected chi connectivity index (χ3v) is 12.2. The molecule has 1 aromatic heterocycles. The Morgan fingerprint density at radius 2 is 1.02 bits per heavy atom. The zero-order valence-electron chi connectivity index (χ0n) is 29.5. The van der Waals surface area contributed by atoms with Gasteiger partial charge >= 0.3 is 0 Å². The standard InChI is InChI=1S/C53H33N/c1-3-12-33(13-4-1)49-42-26-24-36(35-23-25-37-39-18-9-16-32-17-10-19-41(48(32)39)45(37)30-35)31-46(42)50(34-14-5-2-6-15-34)52-43-21-11-20-40-38(47-22-7-8-29-54-47)27-28-44(51(40)43)53(49)52/h1-32,48H. The molecule has 0 amide bonds. The Bertz CT molecular complexity index is 3020. The molecule has 0 saturated heterocycles. The van der Waals surface area contributed by atoms with Crippen molar-refractivity contribution >= 4 is 32.7 Å². The summed E-state index contributed by atoms with van der Waals surface area (Å²) in [6.45, 7) is 0. The maximum Gasteiger partial charge on any atom is 0.0708 e. The molecular weight excluding hydrogens is 651 g/mol. The second-order valence-electron chi connectivity index (χ2n) is 14.9. The molecule has 2 atom stereocenters. The summed E-state index contributed by atoms with van der Waals surface area (Å²) in [5.74, 6) is 0.854. The average molecular weight is 684 g/mol. The summed E-state index contributed by atoms with van der Waals surface area (Å²) < 4.78 is 0. The van der Waals surface area contributed by atoms with Crippen LogP contribution in [0.3, 0.4) is 0 Å². The maximum atomic E-state index is 4.79. The fraction of sp³-hybridized carbons (Fsp3) is 0.0377. The van der Waals surface area contributed by atoms with Gasteiger partial charge in [-0.3, -0.25) is 4.98 Å². The minimum Gasteiger partial charge on any atom is -0.256 e. The van der Waals surface area contributed by atoms with E-state index in [2.05, 4.69) is 176 Å². The first-order chi connectivity index (χ1) is 26.8. The third kappa shape index (κ3) is 4.12. The summed E-state index contributed by atoms with van der Waals surface area (Å²) in [7, 11) is 0. The van der Waals surface area contributed by atoms with E-state index in [1.165, 1.54) is 99.5 Å². The van der Waals surface area contributed by atoms with Gasteiger partial charge in [-0.25, -0.2) is 0 Å². The van der Waals surface area contributed by atoms with Gasteiger partial charge in [0.05, 0.1) is 5.69 Å². The van der Waals surface area contributed by atoms with E-state index in [-0.39, 0.29) is 0 Å². The third-order valence-electron chi connectivity index (χ3n) is 12.2. The molecule has 8 aromatic rings. The number of hydrogen-bond acceptors (Lipinski definition) is 1. The van der Waals surface area contributed by atoms with Crippen molar-refractivity contribution in [3.8, 4) is 66.9 Å². The fourth-order valence-corrected chi connectivity index (χ4v) is 9.96. The van der Waals surface area contributed by atoms with Gasteiger partial charge in [0.25, 0.3) is 0 Å². The first-order valence-electron chi connectivity index (χ1n) is 19.0. The van der Waals surface area contributed by atoms with Gasteiger partial charge in [0.1, 0.15) is 0 Å². The van der Waals surface area contributed by atoms with Crippen molar-refractivity contribution in [2.75, 3.05) is 0 Å². The lowest BCUT2D eigenvalue weighted by atomic mass is 9.78. The normalized spacial score (nSPS) is 17.0. The summed E-state index contributed by atoms with van der Waals surface area (Å²) in [6.07, 6.45) is 15.7. The summed E-state index contributed by atoms with van der Waals surface area (Å²) in [5, 5.41) is 5.08. The molecular formula is C53H33N. The molecule has 1 heteroatoms. The van der Waals surface area contributed by atoms with Crippen LogP contribution in [0.15, 0.2) is 188 Å². The van der Waals surface area contributed by atoms with Crippen molar-refractivity contribution in [2.45, 2.75) is 0 Å². The minimum absolute atomic E-state index is 0.421. The summed E-state index contributed by atoms with van der Waals surface area (Å²) in [5.41, 5.74) is 20.5. The second-order valence-corrected chi connectivity index (χ2v) is 14.9. The molecule has 0 spiro atoms. The fourth-order valence-electron chi connectivity index (χ4n) is 9.96. The van der Waals surface area contributed by atoms with E-state index in [1.54, 1.807) is 0 Å². The molecule has 2 unspecified atom stereocenters. The zero-order chi connectivity index (χ0) is 35.3. The van der Waals surface area contributed by atoms with Crippen LogP contribution in [-0.4, -0.2) is 4.98 Å². The molecule has 250 valence electrons. The smallest absolute Gasteiger partial charge is 0.0708 e. The molecule has 4 aliphatic rings. The summed E-state index contributed by atoms with van der Waals surface area (Å²) in [4.78, 5) is 4.79. The SMILES string of the molecule is C1=CC2C=CC=C3c4cc(-c5ccc6c(-c7ccccc7)c7c(c(-c8ccccc8)c6c5)-c5cccc6c(-c8ccccn8)ccc-7c56)ccc4C(=C1)C32. The lowest BCUT2D eigenvalue weighted by Crippen LogP contribution is -2.13. The van der Waals surface area contributed by atoms with Crippen LogP contribution in [0.2, 0.25) is 0 Å². The van der Waals surface area contributed by atoms with Crippen molar-refractivity contribution in [3.05, 3.63) is 199 Å². The van der Waals surface area contributed by atoms with Crippen molar-refractivity contribution in [2.24, 2.45) is 11.8 Å². The molecule has 0 bridgehead atoms.